The van der Waals surface area contributed by atoms with E-state index in [2.05, 4.69) is 17.4 Å². The van der Waals surface area contributed by atoms with E-state index in [0.29, 0.717) is 5.69 Å². The van der Waals surface area contributed by atoms with Crippen LogP contribution in [0.5, 0.6) is 0 Å². The number of nitrogens with zero attached hydrogens (tertiary/aromatic N) is 1. The highest BCUT2D eigenvalue weighted by Crippen LogP contribution is 2.44. The van der Waals surface area contributed by atoms with Gasteiger partial charge in [-0.25, -0.2) is 9.59 Å². The lowest BCUT2D eigenvalue weighted by Crippen LogP contribution is -2.37. The van der Waals surface area contributed by atoms with Crippen LogP contribution in [0.4, 0.5) is 10.5 Å². The lowest BCUT2D eigenvalue weighted by Gasteiger charge is -2.20. The van der Waals surface area contributed by atoms with Gasteiger partial charge in [0.1, 0.15) is 6.61 Å². The normalized spacial score (nSPS) is 12.9. The minimum atomic E-state index is -1.11. The van der Waals surface area contributed by atoms with Crippen LogP contribution in [0.2, 0.25) is 0 Å². The predicted molar refractivity (Wildman–Crippen MR) is 131 cm³/mol. The second-order valence-corrected chi connectivity index (χ2v) is 8.37. The molecule has 0 aliphatic heterocycles. The number of hydrogen-bond donors (Lipinski definition) is 3. The number of carbonyl (C=O) groups excluding carboxylic acids is 2. The molecule has 8 heteroatoms. The average molecular weight is 475 g/mol. The second-order valence-electron chi connectivity index (χ2n) is 8.37. The summed E-state index contributed by atoms with van der Waals surface area (Å²) < 4.78 is 5.44. The van der Waals surface area contributed by atoms with Crippen molar-refractivity contribution in [2.75, 3.05) is 25.1 Å². The Morgan fingerprint density at radius 3 is 2.09 bits per heavy atom. The quantitative estimate of drug-likeness (QED) is 0.459. The molecule has 0 aromatic heterocycles. The maximum Gasteiger partial charge on any atom is 0.407 e. The number of ether oxygens (including phenoxy) is 1. The van der Waals surface area contributed by atoms with E-state index in [1.165, 1.54) is 36.2 Å². The van der Waals surface area contributed by atoms with Gasteiger partial charge in [-0.2, -0.15) is 0 Å². The zero-order valence-electron chi connectivity index (χ0n) is 19.2. The number of carbonyl (C=O) groups is 3. The summed E-state index contributed by atoms with van der Waals surface area (Å²) in [4.78, 5) is 37.0. The molecular weight excluding hydrogens is 448 g/mol. The summed E-state index contributed by atoms with van der Waals surface area (Å²) in [6.07, 6.45) is -2.00. The first-order valence-corrected chi connectivity index (χ1v) is 11.2. The molecule has 0 bridgehead atoms. The molecule has 0 spiro atoms. The van der Waals surface area contributed by atoms with Gasteiger partial charge in [-0.05, 0) is 46.5 Å². The van der Waals surface area contributed by atoms with E-state index in [1.54, 1.807) is 0 Å². The summed E-state index contributed by atoms with van der Waals surface area (Å²) in [6.45, 7) is 0.0121. The van der Waals surface area contributed by atoms with Crippen molar-refractivity contribution in [3.8, 4) is 11.1 Å². The molecule has 1 atom stereocenters. The number of alkyl carbamates (subject to hydrolysis) is 1. The summed E-state index contributed by atoms with van der Waals surface area (Å²) >= 11 is 0. The fourth-order valence-electron chi connectivity index (χ4n) is 4.23. The first kappa shape index (κ1) is 24.0. The number of hydrogen-bond acceptors (Lipinski definition) is 5. The molecule has 3 aromatic carbocycles. The SMILES string of the molecule is CN(C(=O)CC(O)CNC(=O)OCC1c2ccccc2-c2ccccc21)c1ccc(C(=O)O)cc1. The minimum Gasteiger partial charge on any atom is -0.478 e. The van der Waals surface area contributed by atoms with Crippen LogP contribution in [-0.4, -0.2) is 54.5 Å². The molecule has 2 amide bonds. The van der Waals surface area contributed by atoms with Crippen LogP contribution < -0.4 is 10.2 Å². The van der Waals surface area contributed by atoms with Crippen molar-refractivity contribution in [1.82, 2.24) is 5.32 Å². The third-order valence-electron chi connectivity index (χ3n) is 6.11. The molecule has 0 fully saturated rings. The molecule has 0 heterocycles. The molecule has 3 aromatic rings. The standard InChI is InChI=1S/C27H26N2O6/c1-29(18-12-10-17(11-13-18)26(32)33)25(31)14-19(30)15-28-27(34)35-16-24-22-8-4-2-6-20(22)21-7-3-5-9-23(21)24/h2-13,19,24,30H,14-16H2,1H3,(H,28,34)(H,32,33). The molecule has 8 nitrogen and oxygen atoms in total. The van der Waals surface area contributed by atoms with E-state index in [-0.39, 0.29) is 37.0 Å². The van der Waals surface area contributed by atoms with E-state index in [1.807, 2.05) is 36.4 Å². The van der Waals surface area contributed by atoms with Crippen LogP contribution in [-0.2, 0) is 9.53 Å². The van der Waals surface area contributed by atoms with Gasteiger partial charge in [0, 0.05) is 25.2 Å². The lowest BCUT2D eigenvalue weighted by molar-refractivity contribution is -0.120. The van der Waals surface area contributed by atoms with Gasteiger partial charge in [-0.1, -0.05) is 48.5 Å². The van der Waals surface area contributed by atoms with Crippen molar-refractivity contribution < 1.29 is 29.3 Å². The number of aliphatic hydroxyl groups excluding tert-OH is 1. The number of carboxylic acids is 1. The van der Waals surface area contributed by atoms with E-state index in [0.717, 1.165) is 22.3 Å². The lowest BCUT2D eigenvalue weighted by atomic mass is 9.98. The van der Waals surface area contributed by atoms with E-state index < -0.39 is 18.2 Å². The highest BCUT2D eigenvalue weighted by molar-refractivity contribution is 5.94. The van der Waals surface area contributed by atoms with Crippen molar-refractivity contribution in [3.63, 3.8) is 0 Å². The number of anilines is 1. The number of carboxylic acid groups (broad SMARTS) is 1. The summed E-state index contributed by atoms with van der Waals surface area (Å²) in [5.41, 5.74) is 5.08. The van der Waals surface area contributed by atoms with Gasteiger partial charge in [-0.15, -0.1) is 0 Å². The highest BCUT2D eigenvalue weighted by Gasteiger charge is 2.29. The molecule has 180 valence electrons. The van der Waals surface area contributed by atoms with E-state index in [9.17, 15) is 19.5 Å². The monoisotopic (exact) mass is 474 g/mol. The molecule has 0 saturated carbocycles. The van der Waals surface area contributed by atoms with Crippen molar-refractivity contribution >= 4 is 23.7 Å². The van der Waals surface area contributed by atoms with Gasteiger partial charge in [0.2, 0.25) is 5.91 Å². The summed E-state index contributed by atoms with van der Waals surface area (Å²) in [5.74, 6) is -1.50. The van der Waals surface area contributed by atoms with Crippen molar-refractivity contribution in [1.29, 1.82) is 0 Å². The van der Waals surface area contributed by atoms with Gasteiger partial charge >= 0.3 is 12.1 Å². The third-order valence-corrected chi connectivity index (χ3v) is 6.11. The number of aliphatic hydroxyl groups is 1. The molecule has 0 saturated heterocycles. The Balaban J connectivity index is 1.26. The number of amides is 2. The second kappa shape index (κ2) is 10.4. The summed E-state index contributed by atoms with van der Waals surface area (Å²) in [7, 11) is 1.53. The van der Waals surface area contributed by atoms with Gasteiger partial charge in [0.05, 0.1) is 18.1 Å². The molecule has 1 aliphatic rings. The van der Waals surface area contributed by atoms with Crippen LogP contribution in [0, 0.1) is 0 Å². The first-order valence-electron chi connectivity index (χ1n) is 11.2. The number of benzene rings is 3. The molecule has 0 radical (unpaired) electrons. The van der Waals surface area contributed by atoms with Gasteiger partial charge < -0.3 is 25.2 Å². The Hall–Kier alpha value is -4.17. The topological polar surface area (TPSA) is 116 Å². The summed E-state index contributed by atoms with van der Waals surface area (Å²) in [5, 5.41) is 21.7. The third kappa shape index (κ3) is 5.33. The van der Waals surface area contributed by atoms with E-state index in [4.69, 9.17) is 9.84 Å². The van der Waals surface area contributed by atoms with Crippen molar-refractivity contribution in [2.24, 2.45) is 0 Å². The molecular formula is C27H26N2O6. The number of nitrogens with one attached hydrogen (secondary N) is 1. The van der Waals surface area contributed by atoms with Gasteiger partial charge in [0.15, 0.2) is 0 Å². The zero-order valence-corrected chi connectivity index (χ0v) is 19.2. The Bertz CT molecular complexity index is 1190. The van der Waals surface area contributed by atoms with E-state index >= 15 is 0 Å². The largest absolute Gasteiger partial charge is 0.478 e. The van der Waals surface area contributed by atoms with Gasteiger partial charge in [0.25, 0.3) is 0 Å². The molecule has 1 aliphatic carbocycles. The Morgan fingerprint density at radius 1 is 0.943 bits per heavy atom. The molecule has 3 N–H and O–H groups in total. The number of fused-ring (bicyclic) bond motifs is 3. The smallest absolute Gasteiger partial charge is 0.407 e. The van der Waals surface area contributed by atoms with Crippen LogP contribution in [0.1, 0.15) is 33.8 Å². The minimum absolute atomic E-state index is 0.0687. The van der Waals surface area contributed by atoms with Crippen molar-refractivity contribution in [3.05, 3.63) is 89.5 Å². The maximum atomic E-state index is 12.5. The Labute approximate surface area is 202 Å². The van der Waals surface area contributed by atoms with Crippen LogP contribution in [0.15, 0.2) is 72.8 Å². The Kier molecular flexibility index (Phi) is 7.12. The average Bonchev–Trinajstić information content (AvgIpc) is 3.19. The van der Waals surface area contributed by atoms with Crippen LogP contribution in [0.3, 0.4) is 0 Å². The maximum absolute atomic E-state index is 12.5. The zero-order chi connectivity index (χ0) is 24.9. The molecule has 1 unspecified atom stereocenters. The highest BCUT2D eigenvalue weighted by atomic mass is 16.5. The number of aromatic carboxylic acids is 1. The fourth-order valence-corrected chi connectivity index (χ4v) is 4.23. The predicted octanol–water partition coefficient (Wildman–Crippen LogP) is 3.64. The van der Waals surface area contributed by atoms with Crippen LogP contribution in [0.25, 0.3) is 11.1 Å². The number of rotatable bonds is 8. The molecule has 4 rings (SSSR count). The van der Waals surface area contributed by atoms with Crippen molar-refractivity contribution in [2.45, 2.75) is 18.4 Å². The van der Waals surface area contributed by atoms with Gasteiger partial charge in [-0.3, -0.25) is 4.79 Å². The summed E-state index contributed by atoms with van der Waals surface area (Å²) in [6, 6.07) is 21.9. The molecule has 35 heavy (non-hydrogen) atoms. The fraction of sp³-hybridized carbons (Fsp3) is 0.222. The van der Waals surface area contributed by atoms with Crippen LogP contribution >= 0.6 is 0 Å². The first-order chi connectivity index (χ1) is 16.8. The Morgan fingerprint density at radius 2 is 1.51 bits per heavy atom.